The van der Waals surface area contributed by atoms with Gasteiger partial charge in [-0.2, -0.15) is 0 Å². The zero-order chi connectivity index (χ0) is 24.5. The third-order valence-corrected chi connectivity index (χ3v) is 5.49. The summed E-state index contributed by atoms with van der Waals surface area (Å²) in [6.07, 6.45) is 0.344. The maximum Gasteiger partial charge on any atom is 0.261 e. The maximum atomic E-state index is 14.0. The topological polar surface area (TPSA) is 58.6 Å². The van der Waals surface area contributed by atoms with E-state index in [0.717, 1.165) is 16.7 Å². The van der Waals surface area contributed by atoms with Gasteiger partial charge in [-0.1, -0.05) is 66.7 Å². The fourth-order valence-corrected chi connectivity index (χ4v) is 3.69. The lowest BCUT2D eigenvalue weighted by molar-refractivity contribution is -0.143. The van der Waals surface area contributed by atoms with Crippen molar-refractivity contribution in [3.05, 3.63) is 101 Å². The number of amides is 2. The van der Waals surface area contributed by atoms with Crippen molar-refractivity contribution in [2.75, 3.05) is 6.61 Å². The van der Waals surface area contributed by atoms with Crippen molar-refractivity contribution in [2.45, 2.75) is 45.8 Å². The molecule has 0 spiro atoms. The second-order valence-corrected chi connectivity index (χ2v) is 8.54. The number of rotatable bonds is 10. The Balaban J connectivity index is 1.93. The molecule has 0 saturated heterocycles. The number of nitrogens with zero attached hydrogens (tertiary/aromatic N) is 1. The number of halogens is 1. The number of nitrogens with one attached hydrogen (secondary N) is 1. The van der Waals surface area contributed by atoms with Gasteiger partial charge >= 0.3 is 0 Å². The summed E-state index contributed by atoms with van der Waals surface area (Å²) in [6, 6.07) is 22.4. The van der Waals surface area contributed by atoms with Crippen molar-refractivity contribution in [3.63, 3.8) is 0 Å². The smallest absolute Gasteiger partial charge is 0.261 e. The first-order chi connectivity index (χ1) is 16.3. The van der Waals surface area contributed by atoms with Gasteiger partial charge in [0.05, 0.1) is 0 Å². The van der Waals surface area contributed by atoms with Crippen LogP contribution in [-0.2, 0) is 22.6 Å². The molecular formula is C28H31FN2O3. The van der Waals surface area contributed by atoms with Crippen LogP contribution in [0.3, 0.4) is 0 Å². The SMILES string of the molecule is Cc1ccccc1CN(C(=O)COc1ccccc1F)[C@H](Cc1ccccc1)C(=O)NC(C)C. The molecule has 0 aliphatic rings. The largest absolute Gasteiger partial charge is 0.481 e. The molecule has 3 aromatic carbocycles. The van der Waals surface area contributed by atoms with Crippen molar-refractivity contribution >= 4 is 11.8 Å². The Morgan fingerprint density at radius 3 is 2.26 bits per heavy atom. The minimum Gasteiger partial charge on any atom is -0.481 e. The Bertz CT molecular complexity index is 1100. The predicted octanol–water partition coefficient (Wildman–Crippen LogP) is 4.68. The van der Waals surface area contributed by atoms with Crippen LogP contribution in [0.2, 0.25) is 0 Å². The van der Waals surface area contributed by atoms with E-state index >= 15 is 0 Å². The molecule has 2 amide bonds. The average Bonchev–Trinajstić information content (AvgIpc) is 2.82. The van der Waals surface area contributed by atoms with Crippen LogP contribution in [0.4, 0.5) is 4.39 Å². The van der Waals surface area contributed by atoms with E-state index in [1.54, 1.807) is 12.1 Å². The number of para-hydroxylation sites is 1. The van der Waals surface area contributed by atoms with Gasteiger partial charge in [0.25, 0.3) is 5.91 Å². The zero-order valence-corrected chi connectivity index (χ0v) is 19.8. The summed E-state index contributed by atoms with van der Waals surface area (Å²) in [5.74, 6) is -1.19. The van der Waals surface area contributed by atoms with E-state index in [2.05, 4.69) is 5.32 Å². The van der Waals surface area contributed by atoms with Gasteiger partial charge in [-0.05, 0) is 49.6 Å². The van der Waals surface area contributed by atoms with Crippen LogP contribution in [0.1, 0.15) is 30.5 Å². The molecule has 0 aromatic heterocycles. The van der Waals surface area contributed by atoms with E-state index in [1.165, 1.54) is 17.0 Å². The Morgan fingerprint density at radius 1 is 0.941 bits per heavy atom. The summed E-state index contributed by atoms with van der Waals surface area (Å²) in [6.45, 7) is 5.58. The Hall–Kier alpha value is -3.67. The molecule has 0 unspecified atom stereocenters. The van der Waals surface area contributed by atoms with Crippen molar-refractivity contribution in [1.29, 1.82) is 0 Å². The number of benzene rings is 3. The first-order valence-corrected chi connectivity index (χ1v) is 11.4. The van der Waals surface area contributed by atoms with Crippen molar-refractivity contribution in [1.82, 2.24) is 10.2 Å². The van der Waals surface area contributed by atoms with Crippen molar-refractivity contribution < 1.29 is 18.7 Å². The van der Waals surface area contributed by atoms with Gasteiger partial charge in [0, 0.05) is 19.0 Å². The molecule has 3 rings (SSSR count). The Kier molecular flexibility index (Phi) is 8.79. The highest BCUT2D eigenvalue weighted by atomic mass is 19.1. The molecule has 0 fully saturated rings. The second kappa shape index (κ2) is 12.0. The van der Waals surface area contributed by atoms with Crippen LogP contribution < -0.4 is 10.1 Å². The number of carbonyl (C=O) groups is 2. The lowest BCUT2D eigenvalue weighted by atomic mass is 10.0. The molecule has 3 aromatic rings. The Labute approximate surface area is 200 Å². The van der Waals surface area contributed by atoms with Gasteiger partial charge in [-0.25, -0.2) is 4.39 Å². The third-order valence-electron chi connectivity index (χ3n) is 5.49. The highest BCUT2D eigenvalue weighted by Gasteiger charge is 2.31. The molecule has 0 aliphatic heterocycles. The van der Waals surface area contributed by atoms with Gasteiger partial charge in [-0.3, -0.25) is 9.59 Å². The third kappa shape index (κ3) is 6.91. The number of carbonyl (C=O) groups excluding carboxylic acids is 2. The van der Waals surface area contributed by atoms with Crippen LogP contribution in [0.5, 0.6) is 5.75 Å². The van der Waals surface area contributed by atoms with Crippen LogP contribution in [0.15, 0.2) is 78.9 Å². The number of ether oxygens (including phenoxy) is 1. The van der Waals surface area contributed by atoms with Crippen molar-refractivity contribution in [3.8, 4) is 5.75 Å². The molecule has 5 nitrogen and oxygen atoms in total. The van der Waals surface area contributed by atoms with E-state index in [-0.39, 0.29) is 30.9 Å². The molecule has 34 heavy (non-hydrogen) atoms. The van der Waals surface area contributed by atoms with Gasteiger partial charge in [0.2, 0.25) is 5.91 Å². The fraction of sp³-hybridized carbons (Fsp3) is 0.286. The zero-order valence-electron chi connectivity index (χ0n) is 19.8. The minimum atomic E-state index is -0.763. The van der Waals surface area contributed by atoms with Crippen molar-refractivity contribution in [2.24, 2.45) is 0 Å². The summed E-state index contributed by atoms with van der Waals surface area (Å²) < 4.78 is 19.6. The quantitative estimate of drug-likeness (QED) is 0.476. The summed E-state index contributed by atoms with van der Waals surface area (Å²) in [4.78, 5) is 28.3. The highest BCUT2D eigenvalue weighted by molar-refractivity contribution is 5.88. The van der Waals surface area contributed by atoms with Gasteiger partial charge in [0.15, 0.2) is 18.2 Å². The molecule has 6 heteroatoms. The lowest BCUT2D eigenvalue weighted by Gasteiger charge is -2.32. The van der Waals surface area contributed by atoms with Crippen LogP contribution in [-0.4, -0.2) is 35.4 Å². The molecule has 0 heterocycles. The molecule has 1 N–H and O–H groups in total. The number of hydrogen-bond acceptors (Lipinski definition) is 3. The van der Waals surface area contributed by atoms with E-state index in [1.807, 2.05) is 75.4 Å². The molecule has 0 aliphatic carbocycles. The van der Waals surface area contributed by atoms with E-state index in [4.69, 9.17) is 4.74 Å². The molecule has 1 atom stereocenters. The summed E-state index contributed by atoms with van der Waals surface area (Å²) in [7, 11) is 0. The van der Waals surface area contributed by atoms with Gasteiger partial charge in [-0.15, -0.1) is 0 Å². The lowest BCUT2D eigenvalue weighted by Crippen LogP contribution is -2.53. The number of aryl methyl sites for hydroxylation is 1. The molecule has 0 bridgehead atoms. The molecule has 0 saturated carbocycles. The minimum absolute atomic E-state index is 0.00191. The normalized spacial score (nSPS) is 11.7. The highest BCUT2D eigenvalue weighted by Crippen LogP contribution is 2.19. The Morgan fingerprint density at radius 2 is 1.59 bits per heavy atom. The van der Waals surface area contributed by atoms with E-state index < -0.39 is 17.8 Å². The average molecular weight is 463 g/mol. The summed E-state index contributed by atoms with van der Waals surface area (Å²) in [5.41, 5.74) is 2.87. The summed E-state index contributed by atoms with van der Waals surface area (Å²) >= 11 is 0. The van der Waals surface area contributed by atoms with Gasteiger partial charge < -0.3 is 15.0 Å². The first kappa shape index (κ1) is 25.0. The van der Waals surface area contributed by atoms with Crippen LogP contribution in [0.25, 0.3) is 0 Å². The number of hydrogen-bond donors (Lipinski definition) is 1. The first-order valence-electron chi connectivity index (χ1n) is 11.4. The standard InChI is InChI=1S/C28H31FN2O3/c1-20(2)30-28(33)25(17-22-12-5-4-6-13-22)31(18-23-14-8-7-11-21(23)3)27(32)19-34-26-16-10-9-15-24(26)29/h4-16,20,25H,17-19H2,1-3H3,(H,30,33)/t25-/m1/s1. The molecular weight excluding hydrogens is 431 g/mol. The molecule has 178 valence electrons. The fourth-order valence-electron chi connectivity index (χ4n) is 3.69. The van der Waals surface area contributed by atoms with Crippen LogP contribution >= 0.6 is 0 Å². The van der Waals surface area contributed by atoms with Crippen LogP contribution in [0, 0.1) is 12.7 Å². The van der Waals surface area contributed by atoms with E-state index in [9.17, 15) is 14.0 Å². The second-order valence-electron chi connectivity index (χ2n) is 8.54. The summed E-state index contributed by atoms with van der Waals surface area (Å²) in [5, 5.41) is 2.95. The van der Waals surface area contributed by atoms with E-state index in [0.29, 0.717) is 6.42 Å². The molecule has 0 radical (unpaired) electrons. The monoisotopic (exact) mass is 462 g/mol. The van der Waals surface area contributed by atoms with Gasteiger partial charge in [0.1, 0.15) is 6.04 Å². The maximum absolute atomic E-state index is 14.0. The predicted molar refractivity (Wildman–Crippen MR) is 131 cm³/mol.